The molecule has 0 saturated carbocycles. The zero-order valence-corrected chi connectivity index (χ0v) is 10.3. The van der Waals surface area contributed by atoms with Crippen molar-refractivity contribution in [2.45, 2.75) is 0 Å². The average Bonchev–Trinajstić information content (AvgIpc) is 2.64. The largest absolute Gasteiger partial charge is 0.478 e. The van der Waals surface area contributed by atoms with Crippen LogP contribution in [0.2, 0.25) is 10.0 Å². The molecule has 1 aromatic heterocycles. The van der Waals surface area contributed by atoms with Gasteiger partial charge in [0, 0.05) is 18.8 Å². The van der Waals surface area contributed by atoms with Crippen molar-refractivity contribution in [1.82, 2.24) is 9.78 Å². The van der Waals surface area contributed by atoms with Gasteiger partial charge in [0.2, 0.25) is 0 Å². The summed E-state index contributed by atoms with van der Waals surface area (Å²) in [4.78, 5) is 11.1. The van der Waals surface area contributed by atoms with Crippen molar-refractivity contribution in [2.75, 3.05) is 0 Å². The maximum atomic E-state index is 11.1. The van der Waals surface area contributed by atoms with E-state index < -0.39 is 5.97 Å². The number of carboxylic acid groups (broad SMARTS) is 1. The van der Waals surface area contributed by atoms with Crippen LogP contribution < -0.4 is 0 Å². The topological polar surface area (TPSA) is 55.1 Å². The highest BCUT2D eigenvalue weighted by molar-refractivity contribution is 6.43. The van der Waals surface area contributed by atoms with Crippen LogP contribution >= 0.6 is 23.2 Å². The first-order valence-corrected chi connectivity index (χ1v) is 5.47. The van der Waals surface area contributed by atoms with E-state index in [4.69, 9.17) is 28.3 Å². The van der Waals surface area contributed by atoms with Gasteiger partial charge in [0.05, 0.1) is 10.0 Å². The molecule has 0 fully saturated rings. The number of carbonyl (C=O) groups is 1. The zero-order chi connectivity index (χ0) is 12.6. The van der Waals surface area contributed by atoms with Crippen LogP contribution in [-0.4, -0.2) is 20.9 Å². The number of aryl methyl sites for hydroxylation is 1. The third-order valence-electron chi connectivity index (χ3n) is 2.27. The summed E-state index contributed by atoms with van der Waals surface area (Å²) in [6.45, 7) is 0. The molecule has 0 bridgehead atoms. The van der Waals surface area contributed by atoms with E-state index in [1.165, 1.54) is 10.9 Å². The van der Waals surface area contributed by atoms with E-state index in [0.717, 1.165) is 0 Å². The lowest BCUT2D eigenvalue weighted by molar-refractivity contribution is 0.0697. The second kappa shape index (κ2) is 4.39. The molecule has 1 aromatic carbocycles. The number of hydrogen-bond acceptors (Lipinski definition) is 2. The van der Waals surface area contributed by atoms with Crippen LogP contribution in [0.15, 0.2) is 24.4 Å². The quantitative estimate of drug-likeness (QED) is 0.913. The number of hydrogen-bond donors (Lipinski definition) is 1. The molecule has 1 N–H and O–H groups in total. The Balaban J connectivity index is 2.68. The summed E-state index contributed by atoms with van der Waals surface area (Å²) in [6.07, 6.45) is 1.43. The lowest BCUT2D eigenvalue weighted by Gasteiger charge is -2.03. The van der Waals surface area contributed by atoms with Crippen molar-refractivity contribution in [2.24, 2.45) is 7.05 Å². The molecule has 0 radical (unpaired) electrons. The lowest BCUT2D eigenvalue weighted by atomic mass is 10.1. The van der Waals surface area contributed by atoms with E-state index >= 15 is 0 Å². The van der Waals surface area contributed by atoms with Crippen LogP contribution in [-0.2, 0) is 7.05 Å². The highest BCUT2D eigenvalue weighted by Gasteiger charge is 2.19. The smallest absolute Gasteiger partial charge is 0.339 e. The summed E-state index contributed by atoms with van der Waals surface area (Å²) in [5.74, 6) is -1.05. The molecule has 0 atom stereocenters. The van der Waals surface area contributed by atoms with Gasteiger partial charge in [-0.1, -0.05) is 35.3 Å². The van der Waals surface area contributed by atoms with E-state index in [9.17, 15) is 4.79 Å². The Hall–Kier alpha value is -1.52. The molecular weight excluding hydrogens is 263 g/mol. The van der Waals surface area contributed by atoms with Crippen molar-refractivity contribution in [3.63, 3.8) is 0 Å². The first-order valence-electron chi connectivity index (χ1n) is 4.72. The fourth-order valence-corrected chi connectivity index (χ4v) is 1.92. The highest BCUT2D eigenvalue weighted by Crippen LogP contribution is 2.34. The monoisotopic (exact) mass is 270 g/mol. The minimum absolute atomic E-state index is 0.0941. The van der Waals surface area contributed by atoms with Crippen LogP contribution in [0.1, 0.15) is 10.4 Å². The van der Waals surface area contributed by atoms with Gasteiger partial charge < -0.3 is 5.11 Å². The molecule has 0 spiro atoms. The second-order valence-corrected chi connectivity index (χ2v) is 4.26. The lowest BCUT2D eigenvalue weighted by Crippen LogP contribution is -1.97. The van der Waals surface area contributed by atoms with Crippen molar-refractivity contribution >= 4 is 29.2 Å². The predicted octanol–water partition coefficient (Wildman–Crippen LogP) is 3.09. The summed E-state index contributed by atoms with van der Waals surface area (Å²) >= 11 is 11.9. The molecule has 2 rings (SSSR count). The molecule has 1 heterocycles. The molecule has 0 unspecified atom stereocenters. The first-order chi connectivity index (χ1) is 8.00. The van der Waals surface area contributed by atoms with E-state index in [1.54, 1.807) is 25.2 Å². The average molecular weight is 271 g/mol. The van der Waals surface area contributed by atoms with Crippen molar-refractivity contribution in [3.8, 4) is 11.3 Å². The van der Waals surface area contributed by atoms with Crippen LogP contribution in [0.4, 0.5) is 0 Å². The molecule has 0 aliphatic carbocycles. The van der Waals surface area contributed by atoms with Gasteiger partial charge in [0.25, 0.3) is 0 Å². The van der Waals surface area contributed by atoms with E-state index in [0.29, 0.717) is 21.3 Å². The number of benzene rings is 1. The molecule has 0 aliphatic rings. The fraction of sp³-hybridized carbons (Fsp3) is 0.0909. The highest BCUT2D eigenvalue weighted by atomic mass is 35.5. The summed E-state index contributed by atoms with van der Waals surface area (Å²) in [5.41, 5.74) is 0.918. The standard InChI is InChI=1S/C11H8Cl2N2O2/c1-15-5-7(11(16)17)10(14-15)6-3-2-4-8(12)9(6)13/h2-5H,1H3,(H,16,17). The molecule has 0 saturated heterocycles. The van der Waals surface area contributed by atoms with E-state index in [2.05, 4.69) is 5.10 Å². The molecule has 2 aromatic rings. The first kappa shape index (κ1) is 12.0. The van der Waals surface area contributed by atoms with Gasteiger partial charge in [0.1, 0.15) is 11.3 Å². The number of rotatable bonds is 2. The fourth-order valence-electron chi connectivity index (χ4n) is 1.53. The van der Waals surface area contributed by atoms with Gasteiger partial charge in [-0.25, -0.2) is 4.79 Å². The maximum absolute atomic E-state index is 11.1. The Bertz CT molecular complexity index is 593. The van der Waals surface area contributed by atoms with Gasteiger partial charge in [-0.3, -0.25) is 4.68 Å². The molecule has 17 heavy (non-hydrogen) atoms. The molecule has 0 aliphatic heterocycles. The van der Waals surface area contributed by atoms with E-state index in [-0.39, 0.29) is 5.56 Å². The van der Waals surface area contributed by atoms with Crippen molar-refractivity contribution < 1.29 is 9.90 Å². The van der Waals surface area contributed by atoms with E-state index in [1.807, 2.05) is 0 Å². The van der Waals surface area contributed by atoms with Gasteiger partial charge in [-0.2, -0.15) is 5.10 Å². The normalized spacial score (nSPS) is 10.5. The van der Waals surface area contributed by atoms with Crippen molar-refractivity contribution in [3.05, 3.63) is 40.0 Å². The summed E-state index contributed by atoms with van der Waals surface area (Å²) < 4.78 is 1.43. The number of aromatic nitrogens is 2. The van der Waals surface area contributed by atoms with Crippen molar-refractivity contribution in [1.29, 1.82) is 0 Å². The minimum atomic E-state index is -1.05. The summed E-state index contributed by atoms with van der Waals surface area (Å²) in [6, 6.07) is 5.02. The Labute approximate surface area is 107 Å². The third-order valence-corrected chi connectivity index (χ3v) is 3.08. The number of halogens is 2. The molecule has 6 heteroatoms. The van der Waals surface area contributed by atoms with Gasteiger partial charge >= 0.3 is 5.97 Å². The zero-order valence-electron chi connectivity index (χ0n) is 8.82. The number of carboxylic acids is 1. The Morgan fingerprint density at radius 2 is 2.12 bits per heavy atom. The minimum Gasteiger partial charge on any atom is -0.478 e. The van der Waals surface area contributed by atoms with Crippen LogP contribution in [0.3, 0.4) is 0 Å². The Morgan fingerprint density at radius 3 is 2.76 bits per heavy atom. The van der Waals surface area contributed by atoms with Crippen LogP contribution in [0, 0.1) is 0 Å². The summed E-state index contributed by atoms with van der Waals surface area (Å²) in [7, 11) is 1.65. The SMILES string of the molecule is Cn1cc(C(=O)O)c(-c2cccc(Cl)c2Cl)n1. The second-order valence-electron chi connectivity index (χ2n) is 3.47. The third kappa shape index (κ3) is 2.14. The number of nitrogens with zero attached hydrogens (tertiary/aromatic N) is 2. The Morgan fingerprint density at radius 1 is 1.41 bits per heavy atom. The van der Waals surface area contributed by atoms with Gasteiger partial charge in [0.15, 0.2) is 0 Å². The molecule has 0 amide bonds. The van der Waals surface area contributed by atoms with Crippen LogP contribution in [0.25, 0.3) is 11.3 Å². The molecule has 88 valence electrons. The summed E-state index contributed by atoms with van der Waals surface area (Å²) in [5, 5.41) is 13.8. The van der Waals surface area contributed by atoms with Crippen LogP contribution in [0.5, 0.6) is 0 Å². The van der Waals surface area contributed by atoms with Gasteiger partial charge in [-0.15, -0.1) is 0 Å². The molecule has 4 nitrogen and oxygen atoms in total. The Kier molecular flexibility index (Phi) is 3.09. The maximum Gasteiger partial charge on any atom is 0.339 e. The molecular formula is C11H8Cl2N2O2. The van der Waals surface area contributed by atoms with Gasteiger partial charge in [-0.05, 0) is 6.07 Å². The number of aromatic carboxylic acids is 1. The predicted molar refractivity (Wildman–Crippen MR) is 65.6 cm³/mol.